The van der Waals surface area contributed by atoms with E-state index in [1.54, 1.807) is 0 Å². The van der Waals surface area contributed by atoms with Gasteiger partial charge in [-0.1, -0.05) is 18.1 Å². The predicted octanol–water partition coefficient (Wildman–Crippen LogP) is 0.741. The van der Waals surface area contributed by atoms with Crippen LogP contribution in [0.3, 0.4) is 0 Å². The molecule has 0 spiro atoms. The Morgan fingerprint density at radius 3 is 2.86 bits per heavy atom. The van der Waals surface area contributed by atoms with Crippen molar-refractivity contribution in [1.29, 1.82) is 0 Å². The molecule has 0 bridgehead atoms. The lowest BCUT2D eigenvalue weighted by Crippen LogP contribution is -2.43. The van der Waals surface area contributed by atoms with Crippen LogP contribution >= 0.6 is 0 Å². The number of aliphatic carboxylic acids is 1. The van der Waals surface area contributed by atoms with Crippen LogP contribution in [-0.2, 0) is 17.9 Å². The number of rotatable bonds is 6. The molecule has 3 N–H and O–H groups in total. The van der Waals surface area contributed by atoms with Gasteiger partial charge in [0.25, 0.3) is 0 Å². The van der Waals surface area contributed by atoms with E-state index in [-0.39, 0.29) is 25.2 Å². The fourth-order valence-corrected chi connectivity index (χ4v) is 2.64. The molecular weight excluding hydrogens is 274 g/mol. The summed E-state index contributed by atoms with van der Waals surface area (Å²) in [5.41, 5.74) is 0.528. The smallest absolute Gasteiger partial charge is 0.325 e. The average molecular weight is 295 g/mol. The lowest BCUT2D eigenvalue weighted by molar-refractivity contribution is -0.137. The molecule has 1 fully saturated rings. The topological polar surface area (TPSA) is 109 Å². The van der Waals surface area contributed by atoms with E-state index in [4.69, 9.17) is 5.11 Å². The van der Waals surface area contributed by atoms with E-state index in [2.05, 4.69) is 20.9 Å². The Kier molecular flexibility index (Phi) is 5.13. The number of carboxylic acid groups (broad SMARTS) is 1. The number of carbonyl (C=O) groups excluding carboxylic acids is 1. The van der Waals surface area contributed by atoms with Crippen LogP contribution in [0.15, 0.2) is 6.20 Å². The van der Waals surface area contributed by atoms with Gasteiger partial charge in [-0.2, -0.15) is 0 Å². The molecule has 1 saturated carbocycles. The summed E-state index contributed by atoms with van der Waals surface area (Å²) < 4.78 is 1.22. The molecule has 1 unspecified atom stereocenters. The molecule has 1 heterocycles. The molecule has 2 rings (SSSR count). The summed E-state index contributed by atoms with van der Waals surface area (Å²) in [5.74, 6) is -0.422. The van der Waals surface area contributed by atoms with Crippen LogP contribution < -0.4 is 10.6 Å². The highest BCUT2D eigenvalue weighted by atomic mass is 16.4. The van der Waals surface area contributed by atoms with Gasteiger partial charge in [0.2, 0.25) is 0 Å². The van der Waals surface area contributed by atoms with E-state index in [9.17, 15) is 9.59 Å². The average Bonchev–Trinajstić information content (AvgIpc) is 3.06. The molecule has 116 valence electrons. The molecule has 8 heteroatoms. The van der Waals surface area contributed by atoms with Gasteiger partial charge in [-0.25, -0.2) is 9.48 Å². The zero-order valence-electron chi connectivity index (χ0n) is 12.1. The second-order valence-corrected chi connectivity index (χ2v) is 5.46. The molecule has 1 atom stereocenters. The summed E-state index contributed by atoms with van der Waals surface area (Å²) in [7, 11) is 0. The number of nitrogens with one attached hydrogen (secondary N) is 2. The predicted molar refractivity (Wildman–Crippen MR) is 74.4 cm³/mol. The minimum absolute atomic E-state index is 0.162. The molecule has 0 aromatic carbocycles. The molecule has 1 aliphatic carbocycles. The Hall–Kier alpha value is -2.12. The number of nitrogens with zero attached hydrogens (tertiary/aromatic N) is 3. The van der Waals surface area contributed by atoms with E-state index in [0.29, 0.717) is 11.6 Å². The van der Waals surface area contributed by atoms with Crippen LogP contribution in [0.5, 0.6) is 0 Å². The first-order valence-corrected chi connectivity index (χ1v) is 7.20. The van der Waals surface area contributed by atoms with Crippen molar-refractivity contribution < 1.29 is 14.7 Å². The second-order valence-electron chi connectivity index (χ2n) is 5.46. The fraction of sp³-hybridized carbons (Fsp3) is 0.692. The Morgan fingerprint density at radius 1 is 1.48 bits per heavy atom. The van der Waals surface area contributed by atoms with E-state index in [1.807, 2.05) is 6.92 Å². The van der Waals surface area contributed by atoms with Gasteiger partial charge in [0.1, 0.15) is 12.2 Å². The van der Waals surface area contributed by atoms with Crippen molar-refractivity contribution >= 4 is 12.0 Å². The highest BCUT2D eigenvalue weighted by Gasteiger charge is 2.22. The van der Waals surface area contributed by atoms with E-state index in [0.717, 1.165) is 0 Å². The van der Waals surface area contributed by atoms with E-state index < -0.39 is 5.97 Å². The SMILES string of the molecule is CC(NC(=O)NCc1cn(CC(=O)O)nn1)C1CCCC1. The summed E-state index contributed by atoms with van der Waals surface area (Å²) in [5, 5.41) is 21.7. The third-order valence-corrected chi connectivity index (χ3v) is 3.78. The van der Waals surface area contributed by atoms with Gasteiger partial charge in [0, 0.05) is 6.04 Å². The zero-order valence-corrected chi connectivity index (χ0v) is 12.1. The Morgan fingerprint density at radius 2 is 2.19 bits per heavy atom. The number of aromatic nitrogens is 3. The van der Waals surface area contributed by atoms with Crippen LogP contribution in [0.4, 0.5) is 4.79 Å². The van der Waals surface area contributed by atoms with E-state index in [1.165, 1.54) is 36.6 Å². The lowest BCUT2D eigenvalue weighted by Gasteiger charge is -2.20. The van der Waals surface area contributed by atoms with Crippen LogP contribution in [0, 0.1) is 5.92 Å². The van der Waals surface area contributed by atoms with Gasteiger partial charge in [-0.15, -0.1) is 5.10 Å². The molecule has 2 amide bonds. The summed E-state index contributed by atoms with van der Waals surface area (Å²) in [6, 6.07) is -0.0719. The van der Waals surface area contributed by atoms with Crippen LogP contribution in [0.1, 0.15) is 38.3 Å². The highest BCUT2D eigenvalue weighted by Crippen LogP contribution is 2.27. The normalized spacial score (nSPS) is 16.6. The maximum Gasteiger partial charge on any atom is 0.325 e. The Bertz CT molecular complexity index is 496. The fourth-order valence-electron chi connectivity index (χ4n) is 2.64. The van der Waals surface area contributed by atoms with Gasteiger partial charge in [0.15, 0.2) is 0 Å². The van der Waals surface area contributed by atoms with E-state index >= 15 is 0 Å². The molecule has 0 saturated heterocycles. The lowest BCUT2D eigenvalue weighted by atomic mass is 10.0. The van der Waals surface area contributed by atoms with Crippen molar-refractivity contribution in [2.75, 3.05) is 0 Å². The molecule has 0 aliphatic heterocycles. The van der Waals surface area contributed by atoms with Gasteiger partial charge in [0.05, 0.1) is 12.7 Å². The maximum absolute atomic E-state index is 11.8. The molecule has 21 heavy (non-hydrogen) atoms. The molecule has 0 radical (unpaired) electrons. The number of carbonyl (C=O) groups is 2. The monoisotopic (exact) mass is 295 g/mol. The minimum Gasteiger partial charge on any atom is -0.480 e. The van der Waals surface area contributed by atoms with Crippen molar-refractivity contribution in [3.63, 3.8) is 0 Å². The van der Waals surface area contributed by atoms with Crippen molar-refractivity contribution in [3.05, 3.63) is 11.9 Å². The van der Waals surface area contributed by atoms with Gasteiger partial charge < -0.3 is 15.7 Å². The minimum atomic E-state index is -0.984. The van der Waals surface area contributed by atoms with Crippen molar-refractivity contribution in [1.82, 2.24) is 25.6 Å². The molecule has 1 aliphatic rings. The number of carboxylic acids is 1. The summed E-state index contributed by atoms with van der Waals surface area (Å²) in [6.45, 7) is 2.01. The van der Waals surface area contributed by atoms with Crippen LogP contribution in [0.25, 0.3) is 0 Å². The Labute approximate surface area is 122 Å². The first kappa shape index (κ1) is 15.3. The largest absolute Gasteiger partial charge is 0.480 e. The molecular formula is C13H21N5O3. The van der Waals surface area contributed by atoms with Crippen molar-refractivity contribution in [2.24, 2.45) is 5.92 Å². The zero-order chi connectivity index (χ0) is 15.2. The van der Waals surface area contributed by atoms with Crippen LogP contribution in [-0.4, -0.2) is 38.1 Å². The third-order valence-electron chi connectivity index (χ3n) is 3.78. The molecule has 8 nitrogen and oxygen atoms in total. The molecule has 1 aromatic rings. The number of amides is 2. The van der Waals surface area contributed by atoms with Gasteiger partial charge in [-0.3, -0.25) is 4.79 Å². The maximum atomic E-state index is 11.8. The number of hydrogen-bond donors (Lipinski definition) is 3. The quantitative estimate of drug-likeness (QED) is 0.717. The number of urea groups is 1. The Balaban J connectivity index is 1.73. The standard InChI is InChI=1S/C13H21N5O3/c1-9(10-4-2-3-5-10)15-13(21)14-6-11-7-18(17-16-11)8-12(19)20/h7,9-10H,2-6,8H2,1H3,(H,19,20)(H2,14,15,21). The summed E-state index contributed by atoms with van der Waals surface area (Å²) in [6.07, 6.45) is 6.33. The van der Waals surface area contributed by atoms with Crippen LogP contribution in [0.2, 0.25) is 0 Å². The van der Waals surface area contributed by atoms with Crippen molar-refractivity contribution in [3.8, 4) is 0 Å². The molecule has 1 aromatic heterocycles. The van der Waals surface area contributed by atoms with Gasteiger partial charge in [-0.05, 0) is 25.7 Å². The number of hydrogen-bond acceptors (Lipinski definition) is 4. The summed E-state index contributed by atoms with van der Waals surface area (Å²) >= 11 is 0. The van der Waals surface area contributed by atoms with Crippen molar-refractivity contribution in [2.45, 2.75) is 51.7 Å². The second kappa shape index (κ2) is 7.05. The third kappa shape index (κ3) is 4.73. The van der Waals surface area contributed by atoms with Gasteiger partial charge >= 0.3 is 12.0 Å². The first-order chi connectivity index (χ1) is 10.0. The first-order valence-electron chi connectivity index (χ1n) is 7.20. The highest BCUT2D eigenvalue weighted by molar-refractivity contribution is 5.74. The summed E-state index contributed by atoms with van der Waals surface area (Å²) in [4.78, 5) is 22.3.